The van der Waals surface area contributed by atoms with Crippen molar-refractivity contribution in [1.82, 2.24) is 0 Å². The Kier molecular flexibility index (Phi) is 4.38. The van der Waals surface area contributed by atoms with Gasteiger partial charge in [0.2, 0.25) is 11.8 Å². The van der Waals surface area contributed by atoms with Crippen molar-refractivity contribution in [1.29, 1.82) is 5.26 Å². The number of hydrogen-bond donors (Lipinski definition) is 1. The predicted octanol–water partition coefficient (Wildman–Crippen LogP) is 3.14. The van der Waals surface area contributed by atoms with E-state index in [0.717, 1.165) is 15.3 Å². The van der Waals surface area contributed by atoms with Crippen molar-refractivity contribution >= 4 is 39.7 Å². The molecule has 0 aliphatic carbocycles. The number of hydrogen-bond acceptors (Lipinski definition) is 5. The summed E-state index contributed by atoms with van der Waals surface area (Å²) in [6.45, 7) is 3.73. The van der Waals surface area contributed by atoms with Gasteiger partial charge < -0.3 is 5.32 Å². The van der Waals surface area contributed by atoms with E-state index in [1.165, 1.54) is 17.4 Å². The van der Waals surface area contributed by atoms with Crippen LogP contribution in [0.3, 0.4) is 0 Å². The van der Waals surface area contributed by atoms with Crippen LogP contribution in [0.4, 0.5) is 10.7 Å². The minimum Gasteiger partial charge on any atom is -0.312 e. The number of carbonyl (C=O) groups is 3. The zero-order valence-corrected chi connectivity index (χ0v) is 14.6. The maximum atomic E-state index is 12.5. The second-order valence-corrected chi connectivity index (χ2v) is 6.95. The van der Waals surface area contributed by atoms with Crippen molar-refractivity contribution in [3.8, 4) is 6.07 Å². The third-order valence-corrected chi connectivity index (χ3v) is 5.26. The summed E-state index contributed by atoms with van der Waals surface area (Å²) in [6.07, 6.45) is 0.378. The number of imide groups is 1. The van der Waals surface area contributed by atoms with Crippen LogP contribution in [0.1, 0.15) is 39.2 Å². The molecule has 0 bridgehead atoms. The lowest BCUT2D eigenvalue weighted by Crippen LogP contribution is -2.28. The van der Waals surface area contributed by atoms with Crippen molar-refractivity contribution < 1.29 is 14.4 Å². The fourth-order valence-electron chi connectivity index (χ4n) is 2.68. The van der Waals surface area contributed by atoms with E-state index < -0.39 is 5.91 Å². The number of anilines is 2. The van der Waals surface area contributed by atoms with Gasteiger partial charge in [0.05, 0.1) is 11.3 Å². The molecule has 0 atom stereocenters. The topological polar surface area (TPSA) is 90.3 Å². The van der Waals surface area contributed by atoms with Crippen LogP contribution in [0.15, 0.2) is 24.3 Å². The number of nitriles is 1. The van der Waals surface area contributed by atoms with Crippen molar-refractivity contribution in [2.45, 2.75) is 26.7 Å². The van der Waals surface area contributed by atoms with E-state index in [-0.39, 0.29) is 24.7 Å². The largest absolute Gasteiger partial charge is 0.312 e. The van der Waals surface area contributed by atoms with E-state index in [1.54, 1.807) is 18.2 Å². The second-order valence-electron chi connectivity index (χ2n) is 5.73. The zero-order chi connectivity index (χ0) is 18.1. The molecule has 1 fully saturated rings. The summed E-state index contributed by atoms with van der Waals surface area (Å²) in [4.78, 5) is 38.3. The Hall–Kier alpha value is -2.98. The molecule has 3 rings (SSSR count). The summed E-state index contributed by atoms with van der Waals surface area (Å²) in [6, 6.07) is 8.46. The number of nitrogens with zero attached hydrogens (tertiary/aromatic N) is 2. The van der Waals surface area contributed by atoms with Gasteiger partial charge in [0, 0.05) is 23.3 Å². The summed E-state index contributed by atoms with van der Waals surface area (Å²) in [5.41, 5.74) is 2.01. The highest BCUT2D eigenvalue weighted by atomic mass is 32.1. The predicted molar refractivity (Wildman–Crippen MR) is 94.6 cm³/mol. The summed E-state index contributed by atoms with van der Waals surface area (Å²) in [5.74, 6) is -0.920. The molecule has 1 aliphatic heterocycles. The average Bonchev–Trinajstić information content (AvgIpc) is 3.06. The Morgan fingerprint density at radius 2 is 1.92 bits per heavy atom. The molecule has 25 heavy (non-hydrogen) atoms. The molecule has 1 aromatic heterocycles. The van der Waals surface area contributed by atoms with Crippen LogP contribution >= 0.6 is 11.3 Å². The van der Waals surface area contributed by atoms with Gasteiger partial charge >= 0.3 is 0 Å². The van der Waals surface area contributed by atoms with Gasteiger partial charge in [-0.25, -0.2) is 0 Å². The zero-order valence-electron chi connectivity index (χ0n) is 13.8. The van der Waals surface area contributed by atoms with Gasteiger partial charge in [0.1, 0.15) is 11.1 Å². The molecular formula is C18H15N3O3S. The number of carbonyl (C=O) groups excluding carboxylic acids is 3. The smallest absolute Gasteiger partial charge is 0.256 e. The third kappa shape index (κ3) is 3.04. The van der Waals surface area contributed by atoms with E-state index in [0.29, 0.717) is 21.8 Å². The molecule has 126 valence electrons. The first-order chi connectivity index (χ1) is 11.9. The maximum Gasteiger partial charge on any atom is 0.256 e. The molecule has 1 aromatic carbocycles. The lowest BCUT2D eigenvalue weighted by atomic mass is 10.1. The molecule has 0 spiro atoms. The average molecular weight is 353 g/mol. The number of thiophene rings is 1. The lowest BCUT2D eigenvalue weighted by Gasteiger charge is -2.14. The number of amides is 3. The molecule has 0 radical (unpaired) electrons. The van der Waals surface area contributed by atoms with Crippen molar-refractivity contribution in [2.75, 3.05) is 10.2 Å². The van der Waals surface area contributed by atoms with Crippen LogP contribution in [-0.2, 0) is 9.59 Å². The van der Waals surface area contributed by atoms with E-state index in [2.05, 4.69) is 11.4 Å². The Morgan fingerprint density at radius 1 is 1.24 bits per heavy atom. The maximum absolute atomic E-state index is 12.5. The van der Waals surface area contributed by atoms with Crippen LogP contribution in [0.2, 0.25) is 0 Å². The Balaban J connectivity index is 1.88. The standard InChI is InChI=1S/C18H15N3O3S/c1-10-11(2)25-18(14(10)9-19)20-17(24)12-4-3-5-13(8-12)21-15(22)6-7-16(21)23/h3-5,8H,6-7H2,1-2H3,(H,20,24). The minimum absolute atomic E-state index is 0.189. The summed E-state index contributed by atoms with van der Waals surface area (Å²) >= 11 is 1.35. The first-order valence-electron chi connectivity index (χ1n) is 7.69. The van der Waals surface area contributed by atoms with Gasteiger partial charge in [0.25, 0.3) is 5.91 Å². The van der Waals surface area contributed by atoms with Crippen LogP contribution in [0.5, 0.6) is 0 Å². The number of aryl methyl sites for hydroxylation is 1. The van der Waals surface area contributed by atoms with Crippen LogP contribution < -0.4 is 10.2 Å². The molecule has 2 aromatic rings. The van der Waals surface area contributed by atoms with Crippen molar-refractivity contribution in [2.24, 2.45) is 0 Å². The molecule has 1 saturated heterocycles. The molecule has 2 heterocycles. The van der Waals surface area contributed by atoms with E-state index in [1.807, 2.05) is 13.8 Å². The lowest BCUT2D eigenvalue weighted by molar-refractivity contribution is -0.121. The van der Waals surface area contributed by atoms with E-state index in [9.17, 15) is 19.6 Å². The number of rotatable bonds is 3. The fourth-order valence-corrected chi connectivity index (χ4v) is 3.68. The molecule has 0 unspecified atom stereocenters. The SMILES string of the molecule is Cc1sc(NC(=O)c2cccc(N3C(=O)CCC3=O)c2)c(C#N)c1C. The summed E-state index contributed by atoms with van der Waals surface area (Å²) in [5, 5.41) is 12.5. The fraction of sp³-hybridized carbons (Fsp3) is 0.222. The van der Waals surface area contributed by atoms with Crippen molar-refractivity contribution in [3.63, 3.8) is 0 Å². The first-order valence-corrected chi connectivity index (χ1v) is 8.51. The Bertz CT molecular complexity index is 924. The summed E-state index contributed by atoms with van der Waals surface area (Å²) in [7, 11) is 0. The number of nitrogens with one attached hydrogen (secondary N) is 1. The van der Waals surface area contributed by atoms with Crippen LogP contribution in [-0.4, -0.2) is 17.7 Å². The molecule has 0 saturated carbocycles. The molecule has 1 N–H and O–H groups in total. The monoisotopic (exact) mass is 353 g/mol. The molecule has 6 nitrogen and oxygen atoms in total. The van der Waals surface area contributed by atoms with E-state index >= 15 is 0 Å². The quantitative estimate of drug-likeness (QED) is 0.858. The van der Waals surface area contributed by atoms with Crippen molar-refractivity contribution in [3.05, 3.63) is 45.8 Å². The Labute approximate surface area is 148 Å². The molecule has 7 heteroatoms. The highest BCUT2D eigenvalue weighted by molar-refractivity contribution is 7.16. The van der Waals surface area contributed by atoms with Gasteiger partial charge in [-0.15, -0.1) is 11.3 Å². The minimum atomic E-state index is -0.390. The van der Waals surface area contributed by atoms with Gasteiger partial charge in [-0.05, 0) is 37.6 Å². The van der Waals surface area contributed by atoms with Gasteiger partial charge in [-0.1, -0.05) is 6.07 Å². The highest BCUT2D eigenvalue weighted by Gasteiger charge is 2.30. The van der Waals surface area contributed by atoms with Gasteiger partial charge in [0.15, 0.2) is 0 Å². The molecule has 1 aliphatic rings. The van der Waals surface area contributed by atoms with E-state index in [4.69, 9.17) is 0 Å². The molecule has 3 amide bonds. The second kappa shape index (κ2) is 6.49. The van der Waals surface area contributed by atoms with Gasteiger partial charge in [-0.2, -0.15) is 5.26 Å². The number of benzene rings is 1. The van der Waals surface area contributed by atoms with Gasteiger partial charge in [-0.3, -0.25) is 19.3 Å². The first kappa shape index (κ1) is 16.9. The highest BCUT2D eigenvalue weighted by Crippen LogP contribution is 2.32. The molecular weight excluding hydrogens is 338 g/mol. The van der Waals surface area contributed by atoms with Crippen LogP contribution in [0, 0.1) is 25.2 Å². The summed E-state index contributed by atoms with van der Waals surface area (Å²) < 4.78 is 0. The third-order valence-electron chi connectivity index (χ3n) is 4.14. The van der Waals surface area contributed by atoms with Crippen LogP contribution in [0.25, 0.3) is 0 Å². The normalized spacial score (nSPS) is 13.9. The Morgan fingerprint density at radius 3 is 2.56 bits per heavy atom.